The molecule has 0 radical (unpaired) electrons. The standard InChI is InChI=1S/C10H10N2O5S/c1-6(18(15,16)17)11-12-8-5-3-2-4-7(8)9(13)10(12)14/h2-6,11H,1H3,(H,15,16,17). The number of carbonyl (C=O) groups is 2. The lowest BCUT2D eigenvalue weighted by Gasteiger charge is -2.20. The fourth-order valence-corrected chi connectivity index (χ4v) is 1.80. The molecule has 1 aromatic carbocycles. The molecule has 18 heavy (non-hydrogen) atoms. The summed E-state index contributed by atoms with van der Waals surface area (Å²) in [6, 6.07) is 6.18. The molecule has 0 saturated carbocycles. The van der Waals surface area contributed by atoms with E-state index in [9.17, 15) is 18.0 Å². The van der Waals surface area contributed by atoms with Gasteiger partial charge in [-0.2, -0.15) is 8.42 Å². The van der Waals surface area contributed by atoms with Crippen molar-refractivity contribution >= 4 is 27.5 Å². The van der Waals surface area contributed by atoms with E-state index in [1.165, 1.54) is 12.1 Å². The number of nitrogens with one attached hydrogen (secondary N) is 1. The molecule has 0 fully saturated rings. The molecule has 1 atom stereocenters. The van der Waals surface area contributed by atoms with Crippen LogP contribution in [0.3, 0.4) is 0 Å². The molecule has 1 amide bonds. The van der Waals surface area contributed by atoms with Crippen LogP contribution in [0.5, 0.6) is 0 Å². The van der Waals surface area contributed by atoms with E-state index < -0.39 is 27.2 Å². The lowest BCUT2D eigenvalue weighted by atomic mass is 10.1. The van der Waals surface area contributed by atoms with E-state index in [2.05, 4.69) is 5.43 Å². The highest BCUT2D eigenvalue weighted by Crippen LogP contribution is 2.27. The molecule has 1 aliphatic rings. The van der Waals surface area contributed by atoms with Gasteiger partial charge < -0.3 is 0 Å². The third kappa shape index (κ3) is 2.01. The zero-order valence-corrected chi connectivity index (χ0v) is 10.1. The highest BCUT2D eigenvalue weighted by molar-refractivity contribution is 7.86. The predicted molar refractivity (Wildman–Crippen MR) is 62.4 cm³/mol. The van der Waals surface area contributed by atoms with Crippen LogP contribution in [0.25, 0.3) is 0 Å². The summed E-state index contributed by atoms with van der Waals surface area (Å²) in [4.78, 5) is 23.3. The largest absolute Gasteiger partial charge is 0.313 e. The number of para-hydroxylation sites is 1. The van der Waals surface area contributed by atoms with Gasteiger partial charge in [-0.1, -0.05) is 12.1 Å². The summed E-state index contributed by atoms with van der Waals surface area (Å²) >= 11 is 0. The van der Waals surface area contributed by atoms with Crippen LogP contribution in [0.4, 0.5) is 5.69 Å². The van der Waals surface area contributed by atoms with E-state index >= 15 is 0 Å². The van der Waals surface area contributed by atoms with Crippen LogP contribution in [0.15, 0.2) is 24.3 Å². The molecule has 2 rings (SSSR count). The van der Waals surface area contributed by atoms with Crippen molar-refractivity contribution in [3.8, 4) is 0 Å². The maximum atomic E-state index is 11.7. The second-order valence-corrected chi connectivity index (χ2v) is 5.51. The average molecular weight is 270 g/mol. The minimum Gasteiger partial charge on any atom is -0.284 e. The summed E-state index contributed by atoms with van der Waals surface area (Å²) in [6.07, 6.45) is 0. The van der Waals surface area contributed by atoms with Crippen LogP contribution >= 0.6 is 0 Å². The van der Waals surface area contributed by atoms with Gasteiger partial charge in [-0.15, -0.1) is 0 Å². The molecular weight excluding hydrogens is 260 g/mol. The molecular formula is C10H10N2O5S. The molecule has 0 spiro atoms. The van der Waals surface area contributed by atoms with Gasteiger partial charge in [0.25, 0.3) is 15.9 Å². The van der Waals surface area contributed by atoms with Crippen LogP contribution < -0.4 is 10.4 Å². The Morgan fingerprint density at radius 3 is 2.50 bits per heavy atom. The van der Waals surface area contributed by atoms with Crippen LogP contribution in [0, 0.1) is 0 Å². The minimum atomic E-state index is -4.35. The zero-order chi connectivity index (χ0) is 13.5. The van der Waals surface area contributed by atoms with E-state index in [0.717, 1.165) is 11.9 Å². The zero-order valence-electron chi connectivity index (χ0n) is 9.32. The fourth-order valence-electron chi connectivity index (χ4n) is 1.56. The van der Waals surface area contributed by atoms with E-state index in [4.69, 9.17) is 4.55 Å². The Hall–Kier alpha value is -1.77. The summed E-state index contributed by atoms with van der Waals surface area (Å²) < 4.78 is 30.6. The van der Waals surface area contributed by atoms with Crippen molar-refractivity contribution in [2.45, 2.75) is 12.3 Å². The predicted octanol–water partition coefficient (Wildman–Crippen LogP) is -0.0457. The van der Waals surface area contributed by atoms with Gasteiger partial charge in [-0.05, 0) is 19.1 Å². The Kier molecular flexibility index (Phi) is 2.93. The first-order chi connectivity index (χ1) is 8.32. The molecule has 8 heteroatoms. The van der Waals surface area contributed by atoms with Crippen molar-refractivity contribution in [2.24, 2.45) is 0 Å². The quantitative estimate of drug-likeness (QED) is 0.589. The first-order valence-corrected chi connectivity index (χ1v) is 6.53. The number of Topliss-reactive ketones (excluding diaryl/α,β-unsaturated/α-hetero) is 1. The van der Waals surface area contributed by atoms with Crippen LogP contribution in [-0.2, 0) is 14.9 Å². The highest BCUT2D eigenvalue weighted by atomic mass is 32.2. The van der Waals surface area contributed by atoms with Gasteiger partial charge in [-0.3, -0.25) is 14.1 Å². The molecule has 0 aromatic heterocycles. The Balaban J connectivity index is 2.36. The van der Waals surface area contributed by atoms with Crippen molar-refractivity contribution < 1.29 is 22.6 Å². The Bertz CT molecular complexity index is 625. The third-order valence-corrected chi connectivity index (χ3v) is 3.54. The SMILES string of the molecule is CC(NN1C(=O)C(=O)c2ccccc21)S(=O)(=O)O. The maximum absolute atomic E-state index is 11.7. The normalized spacial score (nSPS) is 16.9. The Morgan fingerprint density at radius 1 is 1.28 bits per heavy atom. The van der Waals surface area contributed by atoms with Crippen molar-refractivity contribution in [3.63, 3.8) is 0 Å². The van der Waals surface area contributed by atoms with Gasteiger partial charge in [0, 0.05) is 0 Å². The number of ketones is 1. The second-order valence-electron chi connectivity index (χ2n) is 3.77. The number of carbonyl (C=O) groups excluding carboxylic acids is 2. The van der Waals surface area contributed by atoms with E-state index in [1.54, 1.807) is 12.1 Å². The van der Waals surface area contributed by atoms with Crippen LogP contribution in [0.2, 0.25) is 0 Å². The highest BCUT2D eigenvalue weighted by Gasteiger charge is 2.37. The first-order valence-electron chi connectivity index (χ1n) is 5.02. The van der Waals surface area contributed by atoms with Crippen molar-refractivity contribution in [1.82, 2.24) is 5.43 Å². The van der Waals surface area contributed by atoms with Gasteiger partial charge in [0.15, 0.2) is 5.37 Å². The number of hydrogen-bond donors (Lipinski definition) is 2. The molecule has 0 bridgehead atoms. The Morgan fingerprint density at radius 2 is 1.89 bits per heavy atom. The molecule has 0 aliphatic carbocycles. The smallest absolute Gasteiger partial charge is 0.284 e. The molecule has 2 N–H and O–H groups in total. The minimum absolute atomic E-state index is 0.192. The molecule has 1 heterocycles. The molecule has 1 aromatic rings. The van der Waals surface area contributed by atoms with Crippen molar-refractivity contribution in [2.75, 3.05) is 5.01 Å². The average Bonchev–Trinajstić information content (AvgIpc) is 2.54. The topological polar surface area (TPSA) is 104 Å². The van der Waals surface area contributed by atoms with Crippen molar-refractivity contribution in [1.29, 1.82) is 0 Å². The van der Waals surface area contributed by atoms with Crippen LogP contribution in [0.1, 0.15) is 17.3 Å². The molecule has 0 saturated heterocycles. The fraction of sp³-hybridized carbons (Fsp3) is 0.200. The van der Waals surface area contributed by atoms with Gasteiger partial charge in [0.1, 0.15) is 0 Å². The lowest BCUT2D eigenvalue weighted by Crippen LogP contribution is -2.49. The number of amides is 1. The number of hydrogen-bond acceptors (Lipinski definition) is 5. The van der Waals surface area contributed by atoms with Gasteiger partial charge in [0.2, 0.25) is 0 Å². The van der Waals surface area contributed by atoms with E-state index in [1.807, 2.05) is 0 Å². The Labute approximate surface area is 103 Å². The summed E-state index contributed by atoms with van der Waals surface area (Å²) in [5.41, 5.74) is 2.74. The third-order valence-electron chi connectivity index (χ3n) is 2.54. The van der Waals surface area contributed by atoms with Gasteiger partial charge >= 0.3 is 5.91 Å². The monoisotopic (exact) mass is 270 g/mol. The first kappa shape index (κ1) is 12.7. The number of hydrazine groups is 1. The second kappa shape index (κ2) is 4.16. The summed E-state index contributed by atoms with van der Waals surface area (Å²) in [7, 11) is -4.35. The molecule has 7 nitrogen and oxygen atoms in total. The van der Waals surface area contributed by atoms with E-state index in [0.29, 0.717) is 0 Å². The number of benzene rings is 1. The number of rotatable bonds is 3. The van der Waals surface area contributed by atoms with Crippen molar-refractivity contribution in [3.05, 3.63) is 29.8 Å². The molecule has 1 unspecified atom stereocenters. The van der Waals surface area contributed by atoms with Gasteiger partial charge in [0.05, 0.1) is 11.3 Å². The van der Waals surface area contributed by atoms with E-state index in [-0.39, 0.29) is 11.3 Å². The maximum Gasteiger partial charge on any atom is 0.313 e. The summed E-state index contributed by atoms with van der Waals surface area (Å²) in [6.45, 7) is 1.16. The number of fused-ring (bicyclic) bond motifs is 1. The lowest BCUT2D eigenvalue weighted by molar-refractivity contribution is -0.114. The van der Waals surface area contributed by atoms with Crippen LogP contribution in [-0.4, -0.2) is 30.0 Å². The molecule has 96 valence electrons. The molecule has 1 aliphatic heterocycles. The summed E-state index contributed by atoms with van der Waals surface area (Å²) in [5.74, 6) is -1.60. The summed E-state index contributed by atoms with van der Waals surface area (Å²) in [5, 5.41) is -0.573. The number of nitrogens with zero attached hydrogens (tertiary/aromatic N) is 1. The van der Waals surface area contributed by atoms with Gasteiger partial charge in [-0.25, -0.2) is 10.4 Å². The number of anilines is 1.